The van der Waals surface area contributed by atoms with E-state index in [4.69, 9.17) is 9.84 Å². The van der Waals surface area contributed by atoms with E-state index < -0.39 is 18.4 Å². The lowest BCUT2D eigenvalue weighted by atomic mass is 9.79. The highest BCUT2D eigenvalue weighted by Crippen LogP contribution is 2.33. The molecule has 0 heterocycles. The Kier molecular flexibility index (Phi) is 13.9. The van der Waals surface area contributed by atoms with Gasteiger partial charge in [0, 0.05) is 0 Å². The Labute approximate surface area is 142 Å². The molecule has 1 saturated carbocycles. The van der Waals surface area contributed by atoms with Crippen molar-refractivity contribution in [2.24, 2.45) is 11.8 Å². The summed E-state index contributed by atoms with van der Waals surface area (Å²) in [5, 5.41) is 8.43. The van der Waals surface area contributed by atoms with Crippen LogP contribution in [0, 0.1) is 11.8 Å². The van der Waals surface area contributed by atoms with E-state index in [-0.39, 0.29) is 0 Å². The summed E-state index contributed by atoms with van der Waals surface area (Å²) in [5.41, 5.74) is 0. The molecule has 0 saturated heterocycles. The first-order chi connectivity index (χ1) is 11.0. The van der Waals surface area contributed by atoms with Gasteiger partial charge >= 0.3 is 11.9 Å². The zero-order valence-electron chi connectivity index (χ0n) is 15.3. The maximum Gasteiger partial charge on any atom is 0.317 e. The lowest BCUT2D eigenvalue weighted by Crippen LogP contribution is -2.18. The highest BCUT2D eigenvalue weighted by molar-refractivity contribution is 5.90. The van der Waals surface area contributed by atoms with Crippen LogP contribution in [0.1, 0.15) is 91.4 Å². The molecule has 0 atom stereocenters. The summed E-state index contributed by atoms with van der Waals surface area (Å²) < 4.78 is 4.93. The van der Waals surface area contributed by atoms with Gasteiger partial charge in [-0.3, -0.25) is 9.59 Å². The molecule has 4 nitrogen and oxygen atoms in total. The van der Waals surface area contributed by atoms with Crippen LogP contribution in [0.5, 0.6) is 0 Å². The topological polar surface area (TPSA) is 63.6 Å². The number of carboxylic acid groups (broad SMARTS) is 1. The van der Waals surface area contributed by atoms with Gasteiger partial charge in [-0.2, -0.15) is 0 Å². The lowest BCUT2D eigenvalue weighted by molar-refractivity contribution is -0.151. The molecule has 23 heavy (non-hydrogen) atoms. The van der Waals surface area contributed by atoms with E-state index in [1.165, 1.54) is 57.8 Å². The van der Waals surface area contributed by atoms with Crippen molar-refractivity contribution in [3.8, 4) is 0 Å². The number of esters is 1. The molecule has 0 radical (unpaired) electrons. The summed E-state index contributed by atoms with van der Waals surface area (Å²) in [6.45, 7) is 6.97. The van der Waals surface area contributed by atoms with Gasteiger partial charge in [0.2, 0.25) is 0 Å². The smallest absolute Gasteiger partial charge is 0.317 e. The fraction of sp³-hybridized carbons (Fsp3) is 0.895. The number of ether oxygens (including phenoxy) is 1. The minimum Gasteiger partial charge on any atom is -0.481 e. The number of carbonyl (C=O) groups is 2. The maximum absolute atomic E-state index is 11.1. The molecule has 1 N–H and O–H groups in total. The van der Waals surface area contributed by atoms with Gasteiger partial charge in [-0.15, -0.1) is 0 Å². The molecule has 0 unspecified atom stereocenters. The first-order valence-corrected chi connectivity index (χ1v) is 9.40. The normalized spacial score (nSPS) is 20.3. The number of hydrogen-bond donors (Lipinski definition) is 1. The van der Waals surface area contributed by atoms with Crippen molar-refractivity contribution in [3.63, 3.8) is 0 Å². The van der Waals surface area contributed by atoms with Crippen LogP contribution in [0.4, 0.5) is 0 Å². The van der Waals surface area contributed by atoms with Gasteiger partial charge in [0.1, 0.15) is 6.42 Å². The minimum atomic E-state index is -1.12. The first kappa shape index (κ1) is 21.9. The predicted octanol–water partition coefficient (Wildman–Crippen LogP) is 5.20. The Hall–Kier alpha value is -1.06. The molecule has 1 rings (SSSR count). The van der Waals surface area contributed by atoms with Crippen LogP contribution in [0.3, 0.4) is 0 Å². The standard InChI is InChI=1S/C15H26O4.C4H10/c1-2-3-4-12-5-7-13(8-6-12)9-10-19-15(18)11-14(16)17;1-3-4-2/h12-13H,2-11H2,1H3,(H,16,17);3-4H2,1-2H3/t12-,13-;. The van der Waals surface area contributed by atoms with Crippen LogP contribution >= 0.6 is 0 Å². The van der Waals surface area contributed by atoms with Crippen molar-refractivity contribution < 1.29 is 19.4 Å². The third kappa shape index (κ3) is 13.1. The Balaban J connectivity index is 0.00000108. The molecule has 0 aromatic heterocycles. The molecule has 0 amide bonds. The van der Waals surface area contributed by atoms with E-state index in [0.717, 1.165) is 12.3 Å². The summed E-state index contributed by atoms with van der Waals surface area (Å²) in [4.78, 5) is 21.4. The van der Waals surface area contributed by atoms with E-state index in [1.807, 2.05) is 0 Å². The Bertz CT molecular complexity index is 304. The van der Waals surface area contributed by atoms with Crippen LogP contribution in [0.15, 0.2) is 0 Å². The number of aliphatic carboxylic acids is 1. The molecular formula is C19H36O4. The van der Waals surface area contributed by atoms with Gasteiger partial charge in [0.15, 0.2) is 0 Å². The molecular weight excluding hydrogens is 292 g/mol. The Morgan fingerprint density at radius 3 is 1.87 bits per heavy atom. The second-order valence-electron chi connectivity index (χ2n) is 6.61. The number of carbonyl (C=O) groups excluding carboxylic acids is 1. The summed E-state index contributed by atoms with van der Waals surface area (Å²) in [7, 11) is 0. The summed E-state index contributed by atoms with van der Waals surface area (Å²) >= 11 is 0. The quantitative estimate of drug-likeness (QED) is 0.467. The molecule has 0 aromatic rings. The molecule has 0 aliphatic heterocycles. The maximum atomic E-state index is 11.1. The monoisotopic (exact) mass is 328 g/mol. The zero-order valence-corrected chi connectivity index (χ0v) is 15.3. The van der Waals surface area contributed by atoms with E-state index >= 15 is 0 Å². The third-order valence-corrected chi connectivity index (χ3v) is 4.52. The van der Waals surface area contributed by atoms with Crippen LogP contribution in [-0.2, 0) is 14.3 Å². The number of carboxylic acids is 1. The number of unbranched alkanes of at least 4 members (excludes halogenated alkanes) is 2. The largest absolute Gasteiger partial charge is 0.481 e. The lowest BCUT2D eigenvalue weighted by Gasteiger charge is -2.28. The van der Waals surface area contributed by atoms with Gasteiger partial charge in [-0.1, -0.05) is 78.6 Å². The molecule has 1 aliphatic carbocycles. The average Bonchev–Trinajstić information content (AvgIpc) is 2.53. The van der Waals surface area contributed by atoms with Crippen LogP contribution in [0.2, 0.25) is 0 Å². The molecule has 0 bridgehead atoms. The summed E-state index contributed by atoms with van der Waals surface area (Å²) in [6.07, 6.45) is 12.0. The SMILES string of the molecule is CCCC.CCCC[C@H]1CC[C@H](CCOC(=O)CC(=O)O)CC1. The fourth-order valence-electron chi connectivity index (χ4n) is 2.82. The zero-order chi connectivity index (χ0) is 17.5. The second kappa shape index (κ2) is 14.5. The molecule has 0 spiro atoms. The summed E-state index contributed by atoms with van der Waals surface area (Å²) in [5.74, 6) is -0.202. The van der Waals surface area contributed by atoms with E-state index in [2.05, 4.69) is 20.8 Å². The van der Waals surface area contributed by atoms with Crippen molar-refractivity contribution in [2.45, 2.75) is 91.4 Å². The average molecular weight is 328 g/mol. The van der Waals surface area contributed by atoms with Crippen molar-refractivity contribution in [3.05, 3.63) is 0 Å². The third-order valence-electron chi connectivity index (χ3n) is 4.52. The van der Waals surface area contributed by atoms with E-state index in [9.17, 15) is 9.59 Å². The molecule has 4 heteroatoms. The van der Waals surface area contributed by atoms with Crippen molar-refractivity contribution in [1.29, 1.82) is 0 Å². The Morgan fingerprint density at radius 2 is 1.43 bits per heavy atom. The summed E-state index contributed by atoms with van der Waals surface area (Å²) in [6, 6.07) is 0. The van der Waals surface area contributed by atoms with Crippen LogP contribution in [0.25, 0.3) is 0 Å². The van der Waals surface area contributed by atoms with Crippen molar-refractivity contribution in [1.82, 2.24) is 0 Å². The molecule has 1 aliphatic rings. The fourth-order valence-corrected chi connectivity index (χ4v) is 2.82. The second-order valence-corrected chi connectivity index (χ2v) is 6.61. The minimum absolute atomic E-state index is 0.371. The number of rotatable bonds is 9. The van der Waals surface area contributed by atoms with E-state index in [1.54, 1.807) is 0 Å². The molecule has 1 fully saturated rings. The van der Waals surface area contributed by atoms with E-state index in [0.29, 0.717) is 12.5 Å². The van der Waals surface area contributed by atoms with Crippen molar-refractivity contribution >= 4 is 11.9 Å². The van der Waals surface area contributed by atoms with Gasteiger partial charge in [0.05, 0.1) is 6.61 Å². The van der Waals surface area contributed by atoms with Gasteiger partial charge in [0.25, 0.3) is 0 Å². The van der Waals surface area contributed by atoms with Crippen LogP contribution < -0.4 is 0 Å². The van der Waals surface area contributed by atoms with Gasteiger partial charge in [-0.05, 0) is 18.3 Å². The van der Waals surface area contributed by atoms with Gasteiger partial charge < -0.3 is 9.84 Å². The van der Waals surface area contributed by atoms with Crippen molar-refractivity contribution in [2.75, 3.05) is 6.61 Å². The van der Waals surface area contributed by atoms with Crippen LogP contribution in [-0.4, -0.2) is 23.7 Å². The van der Waals surface area contributed by atoms with Gasteiger partial charge in [-0.25, -0.2) is 0 Å². The number of hydrogen-bond acceptors (Lipinski definition) is 3. The predicted molar refractivity (Wildman–Crippen MR) is 93.4 cm³/mol. The highest BCUT2D eigenvalue weighted by atomic mass is 16.5. The molecule has 0 aromatic carbocycles. The Morgan fingerprint density at radius 1 is 0.913 bits per heavy atom. The molecule has 136 valence electrons. The highest BCUT2D eigenvalue weighted by Gasteiger charge is 2.21. The first-order valence-electron chi connectivity index (χ1n) is 9.40.